The second-order valence-electron chi connectivity index (χ2n) is 5.38. The lowest BCUT2D eigenvalue weighted by Crippen LogP contribution is -2.39. The third-order valence-corrected chi connectivity index (χ3v) is 3.66. The molecule has 7 nitrogen and oxygen atoms in total. The van der Waals surface area contributed by atoms with Crippen molar-refractivity contribution in [2.45, 2.75) is 33.3 Å². The number of nitrogens with one attached hydrogen (secondary N) is 1. The van der Waals surface area contributed by atoms with Crippen LogP contribution in [0.4, 0.5) is 0 Å². The van der Waals surface area contributed by atoms with Crippen molar-refractivity contribution in [3.63, 3.8) is 0 Å². The first-order valence-corrected chi connectivity index (χ1v) is 7.56. The molecular formula is C17H19NO6. The third-order valence-electron chi connectivity index (χ3n) is 3.66. The number of amides is 1. The Kier molecular flexibility index (Phi) is 5.23. The van der Waals surface area contributed by atoms with Gasteiger partial charge in [0.25, 0.3) is 5.91 Å². The second kappa shape index (κ2) is 7.16. The first kappa shape index (κ1) is 17.5. The van der Waals surface area contributed by atoms with E-state index in [9.17, 15) is 14.4 Å². The number of carboxylic acids is 1. The van der Waals surface area contributed by atoms with E-state index in [4.69, 9.17) is 14.3 Å². The first-order valence-electron chi connectivity index (χ1n) is 7.56. The van der Waals surface area contributed by atoms with E-state index in [1.54, 1.807) is 19.1 Å². The molecule has 2 rings (SSSR count). The van der Waals surface area contributed by atoms with E-state index in [2.05, 4.69) is 5.32 Å². The number of fused-ring (bicyclic) bond motifs is 1. The molecule has 128 valence electrons. The van der Waals surface area contributed by atoms with Crippen molar-refractivity contribution in [3.8, 4) is 5.75 Å². The van der Waals surface area contributed by atoms with Crippen LogP contribution < -0.4 is 15.7 Å². The Hall–Kier alpha value is -2.83. The molecule has 0 saturated heterocycles. The number of hydrogen-bond donors (Lipinski definition) is 2. The fourth-order valence-corrected chi connectivity index (χ4v) is 2.38. The Morgan fingerprint density at radius 2 is 2.08 bits per heavy atom. The summed E-state index contributed by atoms with van der Waals surface area (Å²) in [5.41, 5.74) is 1.47. The van der Waals surface area contributed by atoms with Crippen molar-refractivity contribution >= 4 is 22.8 Å². The molecule has 0 fully saturated rings. The highest BCUT2D eigenvalue weighted by molar-refractivity contribution is 5.86. The molecular weight excluding hydrogens is 314 g/mol. The van der Waals surface area contributed by atoms with Gasteiger partial charge in [0.05, 0.1) is 0 Å². The molecule has 24 heavy (non-hydrogen) atoms. The summed E-state index contributed by atoms with van der Waals surface area (Å²) in [7, 11) is 0. The molecule has 1 amide bonds. The van der Waals surface area contributed by atoms with Crippen molar-refractivity contribution < 1.29 is 23.8 Å². The second-order valence-corrected chi connectivity index (χ2v) is 5.38. The summed E-state index contributed by atoms with van der Waals surface area (Å²) in [4.78, 5) is 34.0. The van der Waals surface area contributed by atoms with Gasteiger partial charge in [-0.2, -0.15) is 0 Å². The molecule has 0 bridgehead atoms. The maximum atomic E-state index is 11.8. The first-order chi connectivity index (χ1) is 11.3. The maximum Gasteiger partial charge on any atom is 0.336 e. The van der Waals surface area contributed by atoms with E-state index >= 15 is 0 Å². The summed E-state index contributed by atoms with van der Waals surface area (Å²) in [6.45, 7) is 4.72. The van der Waals surface area contributed by atoms with E-state index in [-0.39, 0.29) is 0 Å². The van der Waals surface area contributed by atoms with Gasteiger partial charge in [-0.3, -0.25) is 9.59 Å². The Balaban J connectivity index is 2.30. The van der Waals surface area contributed by atoms with E-state index in [1.165, 1.54) is 13.0 Å². The van der Waals surface area contributed by atoms with E-state index in [0.29, 0.717) is 23.3 Å². The van der Waals surface area contributed by atoms with Crippen molar-refractivity contribution in [3.05, 3.63) is 39.7 Å². The van der Waals surface area contributed by atoms with Crippen LogP contribution in [0, 0.1) is 6.92 Å². The van der Waals surface area contributed by atoms with Crippen molar-refractivity contribution in [2.75, 3.05) is 6.54 Å². The lowest BCUT2D eigenvalue weighted by Gasteiger charge is -2.16. The summed E-state index contributed by atoms with van der Waals surface area (Å²) < 4.78 is 10.9. The van der Waals surface area contributed by atoms with Gasteiger partial charge in [-0.1, -0.05) is 6.92 Å². The molecule has 0 aliphatic heterocycles. The molecule has 1 heterocycles. The van der Waals surface area contributed by atoms with Crippen LogP contribution in [0.1, 0.15) is 25.0 Å². The van der Waals surface area contributed by atoms with E-state index in [0.717, 1.165) is 10.9 Å². The SMILES string of the molecule is CCc1cc(=O)oc2c(C)c(O[C@H](C)C(=O)NCC(=O)O)ccc12. The zero-order valence-corrected chi connectivity index (χ0v) is 13.7. The fourth-order valence-electron chi connectivity index (χ4n) is 2.38. The highest BCUT2D eigenvalue weighted by atomic mass is 16.5. The van der Waals surface area contributed by atoms with Crippen molar-refractivity contribution in [1.82, 2.24) is 5.32 Å². The van der Waals surface area contributed by atoms with E-state index in [1.807, 2.05) is 6.92 Å². The van der Waals surface area contributed by atoms with Gasteiger partial charge in [-0.15, -0.1) is 0 Å². The zero-order valence-electron chi connectivity index (χ0n) is 13.7. The highest BCUT2D eigenvalue weighted by Crippen LogP contribution is 2.29. The Morgan fingerprint density at radius 1 is 1.38 bits per heavy atom. The molecule has 0 saturated carbocycles. The van der Waals surface area contributed by atoms with Crippen LogP contribution in [0.2, 0.25) is 0 Å². The van der Waals surface area contributed by atoms with Gasteiger partial charge in [0.1, 0.15) is 17.9 Å². The predicted molar refractivity (Wildman–Crippen MR) is 87.3 cm³/mol. The normalized spacial score (nSPS) is 12.0. The molecule has 1 aromatic carbocycles. The van der Waals surface area contributed by atoms with Gasteiger partial charge < -0.3 is 19.6 Å². The van der Waals surface area contributed by atoms with E-state index < -0.39 is 30.2 Å². The summed E-state index contributed by atoms with van der Waals surface area (Å²) in [5, 5.41) is 11.6. The van der Waals surface area contributed by atoms with Crippen molar-refractivity contribution in [2.24, 2.45) is 0 Å². The molecule has 0 radical (unpaired) electrons. The third kappa shape index (κ3) is 3.73. The summed E-state index contributed by atoms with van der Waals surface area (Å²) in [5.74, 6) is -1.27. The Bertz CT molecular complexity index is 839. The molecule has 0 unspecified atom stereocenters. The van der Waals surface area contributed by atoms with Gasteiger partial charge in [0, 0.05) is 17.0 Å². The number of aryl methyl sites for hydroxylation is 2. The molecule has 7 heteroatoms. The highest BCUT2D eigenvalue weighted by Gasteiger charge is 2.18. The number of benzene rings is 1. The van der Waals surface area contributed by atoms with Gasteiger partial charge in [-0.25, -0.2) is 4.79 Å². The minimum Gasteiger partial charge on any atom is -0.480 e. The van der Waals surface area contributed by atoms with Crippen LogP contribution in [0.25, 0.3) is 11.0 Å². The zero-order chi connectivity index (χ0) is 17.9. The average Bonchev–Trinajstić information content (AvgIpc) is 2.54. The molecule has 0 aliphatic carbocycles. The van der Waals surface area contributed by atoms with Crippen LogP contribution in [0.5, 0.6) is 5.75 Å². The van der Waals surface area contributed by atoms with Crippen LogP contribution in [0.3, 0.4) is 0 Å². The monoisotopic (exact) mass is 333 g/mol. The topological polar surface area (TPSA) is 106 Å². The van der Waals surface area contributed by atoms with Crippen LogP contribution >= 0.6 is 0 Å². The number of aliphatic carboxylic acids is 1. The Morgan fingerprint density at radius 3 is 2.71 bits per heavy atom. The molecule has 1 atom stereocenters. The Labute approximate surface area is 138 Å². The number of carbonyl (C=O) groups excluding carboxylic acids is 1. The van der Waals surface area contributed by atoms with Gasteiger partial charge in [0.15, 0.2) is 6.10 Å². The molecule has 0 spiro atoms. The van der Waals surface area contributed by atoms with Crippen LogP contribution in [-0.4, -0.2) is 29.6 Å². The average molecular weight is 333 g/mol. The van der Waals surface area contributed by atoms with Crippen LogP contribution in [0.15, 0.2) is 27.4 Å². The largest absolute Gasteiger partial charge is 0.480 e. The summed E-state index contributed by atoms with van der Waals surface area (Å²) >= 11 is 0. The lowest BCUT2D eigenvalue weighted by atomic mass is 10.0. The maximum absolute atomic E-state index is 11.8. The number of rotatable bonds is 6. The molecule has 2 aromatic rings. The standard InChI is InChI=1S/C17H19NO6/c1-4-11-7-15(21)24-16-9(2)13(6-5-12(11)16)23-10(3)17(22)18-8-14(19)20/h5-7,10H,4,8H2,1-3H3,(H,18,22)(H,19,20)/t10-/m1/s1. The summed E-state index contributed by atoms with van der Waals surface area (Å²) in [6, 6.07) is 4.95. The van der Waals surface area contributed by atoms with Crippen molar-refractivity contribution in [1.29, 1.82) is 0 Å². The smallest absolute Gasteiger partial charge is 0.336 e. The lowest BCUT2D eigenvalue weighted by molar-refractivity contribution is -0.139. The molecule has 2 N–H and O–H groups in total. The number of ether oxygens (including phenoxy) is 1. The van der Waals surface area contributed by atoms with Gasteiger partial charge in [0.2, 0.25) is 0 Å². The number of carbonyl (C=O) groups is 2. The quantitative estimate of drug-likeness (QED) is 0.778. The predicted octanol–water partition coefficient (Wildman–Crippen LogP) is 1.63. The summed E-state index contributed by atoms with van der Waals surface area (Å²) in [6.07, 6.45) is -0.197. The van der Waals surface area contributed by atoms with Gasteiger partial charge >= 0.3 is 11.6 Å². The molecule has 1 aromatic heterocycles. The number of carboxylic acid groups (broad SMARTS) is 1. The van der Waals surface area contributed by atoms with Crippen LogP contribution in [-0.2, 0) is 16.0 Å². The minimum atomic E-state index is -1.13. The fraction of sp³-hybridized carbons (Fsp3) is 0.353. The molecule has 0 aliphatic rings. The van der Waals surface area contributed by atoms with Gasteiger partial charge in [-0.05, 0) is 38.0 Å². The number of hydrogen-bond acceptors (Lipinski definition) is 5. The minimum absolute atomic E-state index is 0.400.